The lowest BCUT2D eigenvalue weighted by Crippen LogP contribution is -2.31. The molecule has 5 rings (SSSR count). The van der Waals surface area contributed by atoms with E-state index in [0.29, 0.717) is 40.2 Å². The zero-order valence-electron chi connectivity index (χ0n) is 16.4. The number of nitrogens with one attached hydrogen (secondary N) is 2. The van der Waals surface area contributed by atoms with Crippen molar-refractivity contribution < 1.29 is 19.0 Å². The maximum absolute atomic E-state index is 13.4. The Hall–Kier alpha value is -4.01. The number of anilines is 2. The maximum atomic E-state index is 13.4. The lowest BCUT2D eigenvalue weighted by Gasteiger charge is -2.29. The molecule has 1 atom stereocenters. The van der Waals surface area contributed by atoms with Gasteiger partial charge >= 0.3 is 0 Å². The molecule has 2 aliphatic heterocycles. The Morgan fingerprint density at radius 3 is 2.93 bits per heavy atom. The topological polar surface area (TPSA) is 99.5 Å². The van der Waals surface area contributed by atoms with E-state index in [-0.39, 0.29) is 12.7 Å². The minimum absolute atomic E-state index is 0.176. The second kappa shape index (κ2) is 7.11. The van der Waals surface area contributed by atoms with Crippen molar-refractivity contribution in [3.05, 3.63) is 65.6 Å². The van der Waals surface area contributed by atoms with Crippen LogP contribution in [-0.4, -0.2) is 34.6 Å². The minimum Gasteiger partial charge on any atom is -0.495 e. The Labute approximate surface area is 172 Å². The fourth-order valence-electron chi connectivity index (χ4n) is 3.71. The van der Waals surface area contributed by atoms with Crippen molar-refractivity contribution >= 4 is 17.5 Å². The van der Waals surface area contributed by atoms with Crippen LogP contribution in [0.5, 0.6) is 17.2 Å². The molecule has 0 radical (unpaired) electrons. The summed E-state index contributed by atoms with van der Waals surface area (Å²) in [6, 6.07) is 12.4. The third kappa shape index (κ3) is 2.91. The summed E-state index contributed by atoms with van der Waals surface area (Å²) in [5.41, 5.74) is 2.61. The number of aromatic nitrogens is 3. The van der Waals surface area contributed by atoms with Crippen molar-refractivity contribution in [2.24, 2.45) is 0 Å². The molecule has 0 aliphatic carbocycles. The molecule has 1 unspecified atom stereocenters. The van der Waals surface area contributed by atoms with E-state index < -0.39 is 6.04 Å². The molecule has 3 aromatic rings. The summed E-state index contributed by atoms with van der Waals surface area (Å²) >= 11 is 0. The van der Waals surface area contributed by atoms with Gasteiger partial charge in [-0.2, -0.15) is 10.1 Å². The molecule has 9 heteroatoms. The zero-order valence-corrected chi connectivity index (χ0v) is 16.4. The molecule has 152 valence electrons. The lowest BCUT2D eigenvalue weighted by molar-refractivity contribution is -0.113. The molecule has 2 aliphatic rings. The number of methoxy groups -OCH3 is 1. The highest BCUT2D eigenvalue weighted by Crippen LogP contribution is 2.40. The van der Waals surface area contributed by atoms with E-state index in [9.17, 15) is 4.79 Å². The maximum Gasteiger partial charge on any atom is 0.255 e. The Morgan fingerprint density at radius 1 is 1.23 bits per heavy atom. The number of benzene rings is 2. The molecular formula is C21H19N5O4. The summed E-state index contributed by atoms with van der Waals surface area (Å²) in [4.78, 5) is 17.7. The van der Waals surface area contributed by atoms with Crippen LogP contribution in [0.1, 0.15) is 18.5 Å². The average Bonchev–Trinajstić information content (AvgIpc) is 3.41. The first-order chi connectivity index (χ1) is 14.7. The SMILES string of the molecule is COc1ccccc1NC(=O)C1=C(C)Nc2ncnn2C1c1ccc2c(c1)OCO2. The van der Waals surface area contributed by atoms with Gasteiger partial charge in [-0.3, -0.25) is 4.79 Å². The van der Waals surface area contributed by atoms with Gasteiger partial charge in [0.15, 0.2) is 11.5 Å². The first kappa shape index (κ1) is 18.0. The number of carbonyl (C=O) groups excluding carboxylic acids is 1. The van der Waals surface area contributed by atoms with Gasteiger partial charge in [0.1, 0.15) is 18.1 Å². The van der Waals surface area contributed by atoms with E-state index in [2.05, 4.69) is 20.7 Å². The van der Waals surface area contributed by atoms with E-state index in [1.54, 1.807) is 23.9 Å². The summed E-state index contributed by atoms with van der Waals surface area (Å²) < 4.78 is 18.0. The standard InChI is InChI=1S/C21H19N5O4/c1-12-18(20(27)25-14-5-3-4-6-15(14)28-2)19(26-21(24-12)22-10-23-26)13-7-8-16-17(9-13)30-11-29-16/h3-10,19H,11H2,1-2H3,(H,25,27)(H,22,23,24). The van der Waals surface area contributed by atoms with E-state index in [4.69, 9.17) is 14.2 Å². The number of para-hydroxylation sites is 2. The van der Waals surface area contributed by atoms with Crippen LogP contribution in [0.3, 0.4) is 0 Å². The molecule has 0 bridgehead atoms. The molecule has 2 N–H and O–H groups in total. The largest absolute Gasteiger partial charge is 0.495 e. The van der Waals surface area contributed by atoms with Gasteiger partial charge in [0, 0.05) is 5.70 Å². The quantitative estimate of drug-likeness (QED) is 0.688. The molecule has 3 heterocycles. The second-order valence-corrected chi connectivity index (χ2v) is 6.86. The predicted octanol–water partition coefficient (Wildman–Crippen LogP) is 2.94. The minimum atomic E-state index is -0.493. The number of hydrogen-bond acceptors (Lipinski definition) is 7. The summed E-state index contributed by atoms with van der Waals surface area (Å²) in [5.74, 6) is 2.17. The molecule has 1 amide bonds. The molecule has 0 saturated heterocycles. The van der Waals surface area contributed by atoms with Crippen LogP contribution >= 0.6 is 0 Å². The molecular weight excluding hydrogens is 386 g/mol. The number of carbonyl (C=O) groups is 1. The summed E-state index contributed by atoms with van der Waals surface area (Å²) in [6.45, 7) is 2.02. The summed E-state index contributed by atoms with van der Waals surface area (Å²) in [5, 5.41) is 10.5. The van der Waals surface area contributed by atoms with Crippen molar-refractivity contribution in [2.45, 2.75) is 13.0 Å². The van der Waals surface area contributed by atoms with Gasteiger partial charge in [0.25, 0.3) is 5.91 Å². The number of ether oxygens (including phenoxy) is 3. The van der Waals surface area contributed by atoms with Crippen molar-refractivity contribution in [3.63, 3.8) is 0 Å². The fraction of sp³-hybridized carbons (Fsp3) is 0.190. The average molecular weight is 405 g/mol. The smallest absolute Gasteiger partial charge is 0.255 e. The van der Waals surface area contributed by atoms with Crippen molar-refractivity contribution in [2.75, 3.05) is 24.5 Å². The number of amides is 1. The van der Waals surface area contributed by atoms with E-state index >= 15 is 0 Å². The molecule has 30 heavy (non-hydrogen) atoms. The van der Waals surface area contributed by atoms with Gasteiger partial charge in [0.2, 0.25) is 12.7 Å². The van der Waals surface area contributed by atoms with E-state index in [0.717, 1.165) is 5.56 Å². The molecule has 1 aromatic heterocycles. The van der Waals surface area contributed by atoms with E-state index in [1.807, 2.05) is 37.3 Å². The van der Waals surface area contributed by atoms with Gasteiger partial charge in [-0.25, -0.2) is 4.68 Å². The van der Waals surface area contributed by atoms with Gasteiger partial charge < -0.3 is 24.8 Å². The van der Waals surface area contributed by atoms with Crippen molar-refractivity contribution in [1.82, 2.24) is 14.8 Å². The van der Waals surface area contributed by atoms with Crippen LogP contribution in [0.4, 0.5) is 11.6 Å². The Morgan fingerprint density at radius 2 is 2.07 bits per heavy atom. The Kier molecular flexibility index (Phi) is 4.27. The normalized spacial score (nSPS) is 16.7. The Bertz CT molecular complexity index is 1170. The van der Waals surface area contributed by atoms with Gasteiger partial charge in [-0.1, -0.05) is 18.2 Å². The molecule has 9 nitrogen and oxygen atoms in total. The summed E-state index contributed by atoms with van der Waals surface area (Å²) in [7, 11) is 1.56. The number of nitrogens with zero attached hydrogens (tertiary/aromatic N) is 3. The zero-order chi connectivity index (χ0) is 20.7. The highest BCUT2D eigenvalue weighted by molar-refractivity contribution is 6.06. The molecule has 2 aromatic carbocycles. The first-order valence-electron chi connectivity index (χ1n) is 9.37. The number of rotatable bonds is 4. The van der Waals surface area contributed by atoms with Crippen molar-refractivity contribution in [1.29, 1.82) is 0 Å². The number of allylic oxidation sites excluding steroid dienone is 1. The van der Waals surface area contributed by atoms with Gasteiger partial charge in [-0.05, 0) is 36.8 Å². The molecule has 0 fully saturated rings. The first-order valence-corrected chi connectivity index (χ1v) is 9.37. The van der Waals surface area contributed by atoms with Crippen LogP contribution in [0.2, 0.25) is 0 Å². The highest BCUT2D eigenvalue weighted by atomic mass is 16.7. The number of fused-ring (bicyclic) bond motifs is 2. The number of hydrogen-bond donors (Lipinski definition) is 2. The summed E-state index contributed by atoms with van der Waals surface area (Å²) in [6.07, 6.45) is 1.46. The molecule has 0 spiro atoms. The molecule has 0 saturated carbocycles. The van der Waals surface area contributed by atoms with Crippen LogP contribution in [0.25, 0.3) is 0 Å². The lowest BCUT2D eigenvalue weighted by atomic mass is 9.94. The van der Waals surface area contributed by atoms with Crippen LogP contribution in [0.15, 0.2) is 60.1 Å². The fourth-order valence-corrected chi connectivity index (χ4v) is 3.71. The van der Waals surface area contributed by atoms with Crippen LogP contribution < -0.4 is 24.8 Å². The van der Waals surface area contributed by atoms with E-state index in [1.165, 1.54) is 6.33 Å². The van der Waals surface area contributed by atoms with Gasteiger partial charge in [0.05, 0.1) is 18.4 Å². The Balaban J connectivity index is 1.57. The third-order valence-corrected chi connectivity index (χ3v) is 5.11. The van der Waals surface area contributed by atoms with Crippen molar-refractivity contribution in [3.8, 4) is 17.2 Å². The van der Waals surface area contributed by atoms with Gasteiger partial charge in [-0.15, -0.1) is 0 Å². The second-order valence-electron chi connectivity index (χ2n) is 6.86. The highest BCUT2D eigenvalue weighted by Gasteiger charge is 2.34. The monoisotopic (exact) mass is 405 g/mol. The predicted molar refractivity (Wildman–Crippen MR) is 109 cm³/mol. The van der Waals surface area contributed by atoms with Crippen LogP contribution in [0, 0.1) is 0 Å². The third-order valence-electron chi connectivity index (χ3n) is 5.11. The van der Waals surface area contributed by atoms with Crippen LogP contribution in [-0.2, 0) is 4.79 Å².